The highest BCUT2D eigenvalue weighted by atomic mass is 35.5. The third-order valence-electron chi connectivity index (χ3n) is 5.24. The fourth-order valence-electron chi connectivity index (χ4n) is 3.64. The number of benzene rings is 3. The number of halogens is 2. The summed E-state index contributed by atoms with van der Waals surface area (Å²) >= 11 is 12.3. The van der Waals surface area contributed by atoms with Gasteiger partial charge in [0.05, 0.1) is 16.5 Å². The molecule has 1 atom stereocenters. The van der Waals surface area contributed by atoms with Gasteiger partial charge in [0.1, 0.15) is 6.04 Å². The Morgan fingerprint density at radius 3 is 2.00 bits per heavy atom. The molecule has 0 saturated carbocycles. The van der Waals surface area contributed by atoms with Crippen LogP contribution in [-0.2, 0) is 29.0 Å². The summed E-state index contributed by atoms with van der Waals surface area (Å²) in [5, 5.41) is 3.85. The lowest BCUT2D eigenvalue weighted by Gasteiger charge is -2.32. The summed E-state index contributed by atoms with van der Waals surface area (Å²) in [6.07, 6.45) is 0.601. The van der Waals surface area contributed by atoms with Gasteiger partial charge in [-0.25, -0.2) is 0 Å². The Kier molecular flexibility index (Phi) is 8.93. The number of nitrogens with one attached hydrogen (secondary N) is 1. The van der Waals surface area contributed by atoms with Crippen LogP contribution in [0.5, 0.6) is 0 Å². The third-order valence-corrected chi connectivity index (χ3v) is 5.98. The van der Waals surface area contributed by atoms with Crippen molar-refractivity contribution in [3.8, 4) is 0 Å². The molecule has 0 bridgehead atoms. The molecular formula is C27H28Cl2N2O2. The Morgan fingerprint density at radius 1 is 0.818 bits per heavy atom. The fraction of sp³-hybridized carbons (Fsp3) is 0.259. The van der Waals surface area contributed by atoms with Crippen molar-refractivity contribution in [3.05, 3.63) is 106 Å². The Morgan fingerprint density at radius 2 is 1.42 bits per heavy atom. The normalized spacial score (nSPS) is 11.8. The van der Waals surface area contributed by atoms with E-state index < -0.39 is 6.04 Å². The number of carbonyl (C=O) groups is 2. The van der Waals surface area contributed by atoms with Crippen molar-refractivity contribution >= 4 is 35.0 Å². The lowest BCUT2D eigenvalue weighted by molar-refractivity contribution is -0.141. The van der Waals surface area contributed by atoms with Crippen LogP contribution in [0, 0.1) is 0 Å². The summed E-state index contributed by atoms with van der Waals surface area (Å²) in [5.41, 5.74) is 2.68. The summed E-state index contributed by atoms with van der Waals surface area (Å²) in [7, 11) is 0. The first kappa shape index (κ1) is 24.8. The van der Waals surface area contributed by atoms with Gasteiger partial charge in [0.2, 0.25) is 11.8 Å². The summed E-state index contributed by atoms with van der Waals surface area (Å²) in [6.45, 7) is 4.06. The Bertz CT molecular complexity index is 1070. The molecule has 172 valence electrons. The zero-order valence-electron chi connectivity index (χ0n) is 18.8. The first-order chi connectivity index (χ1) is 15.8. The first-order valence-electron chi connectivity index (χ1n) is 10.9. The van der Waals surface area contributed by atoms with Crippen LogP contribution in [0.3, 0.4) is 0 Å². The molecule has 0 saturated heterocycles. The highest BCUT2D eigenvalue weighted by Gasteiger charge is 2.30. The van der Waals surface area contributed by atoms with Crippen LogP contribution in [0.15, 0.2) is 78.9 Å². The zero-order chi connectivity index (χ0) is 23.8. The van der Waals surface area contributed by atoms with Crippen molar-refractivity contribution in [2.75, 3.05) is 0 Å². The molecular weight excluding hydrogens is 455 g/mol. The molecule has 3 aromatic rings. The van der Waals surface area contributed by atoms with E-state index in [0.717, 1.165) is 16.7 Å². The molecule has 0 aliphatic heterocycles. The molecule has 3 rings (SSSR count). The van der Waals surface area contributed by atoms with Gasteiger partial charge in [-0.1, -0.05) is 89.9 Å². The van der Waals surface area contributed by atoms with Gasteiger partial charge in [-0.3, -0.25) is 9.59 Å². The van der Waals surface area contributed by atoms with Gasteiger partial charge < -0.3 is 10.2 Å². The van der Waals surface area contributed by atoms with E-state index in [-0.39, 0.29) is 30.8 Å². The summed E-state index contributed by atoms with van der Waals surface area (Å²) in [6, 6.07) is 23.8. The monoisotopic (exact) mass is 482 g/mol. The molecule has 0 aliphatic carbocycles. The second kappa shape index (κ2) is 11.9. The maximum Gasteiger partial charge on any atom is 0.243 e. The van der Waals surface area contributed by atoms with Gasteiger partial charge in [0.15, 0.2) is 0 Å². The van der Waals surface area contributed by atoms with Gasteiger partial charge >= 0.3 is 0 Å². The fourth-order valence-corrected chi connectivity index (χ4v) is 3.96. The molecule has 0 aliphatic rings. The van der Waals surface area contributed by atoms with Gasteiger partial charge in [-0.15, -0.1) is 0 Å². The van der Waals surface area contributed by atoms with Gasteiger partial charge in [0, 0.05) is 19.0 Å². The van der Waals surface area contributed by atoms with E-state index in [0.29, 0.717) is 16.5 Å². The Balaban J connectivity index is 1.97. The molecule has 3 aromatic carbocycles. The molecule has 0 fully saturated rings. The molecule has 4 nitrogen and oxygen atoms in total. The zero-order valence-corrected chi connectivity index (χ0v) is 20.3. The molecule has 1 N–H and O–H groups in total. The Labute approximate surface area is 205 Å². The molecule has 0 spiro atoms. The number of rotatable bonds is 9. The topological polar surface area (TPSA) is 49.4 Å². The van der Waals surface area contributed by atoms with Crippen LogP contribution in [0.4, 0.5) is 0 Å². The number of amides is 2. The van der Waals surface area contributed by atoms with Gasteiger partial charge in [-0.05, 0) is 42.7 Å². The maximum atomic E-state index is 13.6. The van der Waals surface area contributed by atoms with E-state index in [9.17, 15) is 9.59 Å². The van der Waals surface area contributed by atoms with Crippen molar-refractivity contribution in [1.82, 2.24) is 10.2 Å². The minimum absolute atomic E-state index is 0.0492. The van der Waals surface area contributed by atoms with E-state index in [1.165, 1.54) is 0 Å². The van der Waals surface area contributed by atoms with E-state index in [2.05, 4.69) is 5.32 Å². The molecule has 0 radical (unpaired) electrons. The van der Waals surface area contributed by atoms with Crippen LogP contribution in [0.25, 0.3) is 0 Å². The highest BCUT2D eigenvalue weighted by Crippen LogP contribution is 2.24. The lowest BCUT2D eigenvalue weighted by Crippen LogP contribution is -2.52. The summed E-state index contributed by atoms with van der Waals surface area (Å²) in [5.74, 6) is -0.317. The third kappa shape index (κ3) is 7.34. The number of carbonyl (C=O) groups excluding carboxylic acids is 2. The van der Waals surface area contributed by atoms with Crippen LogP contribution < -0.4 is 5.32 Å². The van der Waals surface area contributed by atoms with Crippen LogP contribution in [0.2, 0.25) is 10.0 Å². The van der Waals surface area contributed by atoms with Crippen molar-refractivity contribution < 1.29 is 9.59 Å². The molecule has 6 heteroatoms. The summed E-state index contributed by atoms with van der Waals surface area (Å²) in [4.78, 5) is 28.5. The molecule has 1 unspecified atom stereocenters. The van der Waals surface area contributed by atoms with Gasteiger partial charge in [-0.2, -0.15) is 0 Å². The minimum Gasteiger partial charge on any atom is -0.352 e. The van der Waals surface area contributed by atoms with Crippen LogP contribution in [-0.4, -0.2) is 28.8 Å². The number of nitrogens with zero attached hydrogens (tertiary/aromatic N) is 1. The van der Waals surface area contributed by atoms with Crippen molar-refractivity contribution in [3.63, 3.8) is 0 Å². The number of hydrogen-bond donors (Lipinski definition) is 1. The highest BCUT2D eigenvalue weighted by molar-refractivity contribution is 6.42. The first-order valence-corrected chi connectivity index (χ1v) is 11.7. The molecule has 0 aromatic heterocycles. The quantitative estimate of drug-likeness (QED) is 0.425. The lowest BCUT2D eigenvalue weighted by atomic mass is 10.0. The number of hydrogen-bond acceptors (Lipinski definition) is 2. The van der Waals surface area contributed by atoms with E-state index in [4.69, 9.17) is 23.2 Å². The standard InChI is InChI=1S/C27H28Cl2N2O2/c1-19(2)30-27(33)25(16-20-9-5-3-6-10-20)31(18-22-13-14-23(28)24(29)15-22)26(32)17-21-11-7-4-8-12-21/h3-15,19,25H,16-18H2,1-2H3,(H,30,33). The van der Waals surface area contributed by atoms with Crippen LogP contribution >= 0.6 is 23.2 Å². The Hall–Kier alpha value is -2.82. The van der Waals surface area contributed by atoms with Crippen LogP contribution in [0.1, 0.15) is 30.5 Å². The predicted molar refractivity (Wildman–Crippen MR) is 134 cm³/mol. The average molecular weight is 483 g/mol. The van der Waals surface area contributed by atoms with Crippen molar-refractivity contribution in [2.24, 2.45) is 0 Å². The van der Waals surface area contributed by atoms with Crippen molar-refractivity contribution in [1.29, 1.82) is 0 Å². The molecule has 33 heavy (non-hydrogen) atoms. The largest absolute Gasteiger partial charge is 0.352 e. The molecule has 0 heterocycles. The van der Waals surface area contributed by atoms with Crippen molar-refractivity contribution in [2.45, 2.75) is 45.3 Å². The van der Waals surface area contributed by atoms with E-state index in [1.54, 1.807) is 17.0 Å². The predicted octanol–water partition coefficient (Wildman–Crippen LogP) is 5.70. The molecule has 2 amide bonds. The average Bonchev–Trinajstić information content (AvgIpc) is 2.79. The van der Waals surface area contributed by atoms with E-state index >= 15 is 0 Å². The summed E-state index contributed by atoms with van der Waals surface area (Å²) < 4.78 is 0. The second-order valence-electron chi connectivity index (χ2n) is 8.30. The van der Waals surface area contributed by atoms with E-state index in [1.807, 2.05) is 80.6 Å². The maximum absolute atomic E-state index is 13.6. The SMILES string of the molecule is CC(C)NC(=O)C(Cc1ccccc1)N(Cc1ccc(Cl)c(Cl)c1)C(=O)Cc1ccccc1. The smallest absolute Gasteiger partial charge is 0.243 e. The van der Waals surface area contributed by atoms with Gasteiger partial charge in [0.25, 0.3) is 0 Å². The second-order valence-corrected chi connectivity index (χ2v) is 9.12. The minimum atomic E-state index is -0.680.